The number of nitrogens with zero attached hydrogens (tertiary/aromatic N) is 4. The normalized spacial score (nSPS) is 16.6. The maximum absolute atomic E-state index is 12.7. The molecule has 1 N–H and O–H groups in total. The number of amides is 1. The first-order chi connectivity index (χ1) is 12.1. The van der Waals surface area contributed by atoms with Gasteiger partial charge in [0.1, 0.15) is 11.9 Å². The Labute approximate surface area is 147 Å². The van der Waals surface area contributed by atoms with Crippen molar-refractivity contribution in [3.05, 3.63) is 53.7 Å². The van der Waals surface area contributed by atoms with Crippen molar-refractivity contribution >= 4 is 17.4 Å². The lowest BCUT2D eigenvalue weighted by Crippen LogP contribution is -2.44. The fraction of sp³-hybridized carbons (Fsp3) is 0.316. The number of likely N-dealkylation sites (N-methyl/N-ethyl adjacent to an activating group) is 1. The van der Waals surface area contributed by atoms with E-state index in [0.717, 1.165) is 12.1 Å². The van der Waals surface area contributed by atoms with Gasteiger partial charge in [-0.1, -0.05) is 18.2 Å². The van der Waals surface area contributed by atoms with Gasteiger partial charge < -0.3 is 15.1 Å². The highest BCUT2D eigenvalue weighted by atomic mass is 16.2. The summed E-state index contributed by atoms with van der Waals surface area (Å²) in [6, 6.07) is 13.7. The second-order valence-electron chi connectivity index (χ2n) is 6.28. The van der Waals surface area contributed by atoms with E-state index in [2.05, 4.69) is 41.3 Å². The second-order valence-corrected chi connectivity index (χ2v) is 6.28. The Kier molecular flexibility index (Phi) is 4.85. The molecule has 0 fully saturated rings. The number of carbonyl (C=O) groups is 1. The van der Waals surface area contributed by atoms with Gasteiger partial charge in [0.2, 0.25) is 5.91 Å². The Morgan fingerprint density at radius 2 is 2.16 bits per heavy atom. The van der Waals surface area contributed by atoms with E-state index < -0.39 is 0 Å². The molecule has 1 atom stereocenters. The number of carbonyl (C=O) groups excluding carboxylic acids is 1. The summed E-state index contributed by atoms with van der Waals surface area (Å²) in [6.07, 6.45) is 1.49. The van der Waals surface area contributed by atoms with Crippen molar-refractivity contribution in [2.45, 2.75) is 19.5 Å². The third kappa shape index (κ3) is 3.72. The first kappa shape index (κ1) is 16.8. The molecule has 0 saturated heterocycles. The maximum atomic E-state index is 12.7. The van der Waals surface area contributed by atoms with E-state index in [-0.39, 0.29) is 18.5 Å². The average molecular weight is 335 g/mol. The van der Waals surface area contributed by atoms with Crippen molar-refractivity contribution in [2.24, 2.45) is 0 Å². The Morgan fingerprint density at radius 1 is 1.36 bits per heavy atom. The van der Waals surface area contributed by atoms with Crippen LogP contribution in [0.15, 0.2) is 42.6 Å². The number of benzene rings is 1. The zero-order valence-electron chi connectivity index (χ0n) is 14.4. The number of nitriles is 1. The van der Waals surface area contributed by atoms with E-state index in [9.17, 15) is 4.79 Å². The van der Waals surface area contributed by atoms with Gasteiger partial charge >= 0.3 is 0 Å². The van der Waals surface area contributed by atoms with Gasteiger partial charge in [0.15, 0.2) is 0 Å². The van der Waals surface area contributed by atoms with E-state index in [1.807, 2.05) is 23.1 Å². The number of hydrogen-bond acceptors (Lipinski definition) is 5. The van der Waals surface area contributed by atoms with Crippen LogP contribution in [0.1, 0.15) is 18.1 Å². The van der Waals surface area contributed by atoms with Crippen molar-refractivity contribution in [3.63, 3.8) is 0 Å². The van der Waals surface area contributed by atoms with E-state index in [1.165, 1.54) is 11.9 Å². The molecule has 0 radical (unpaired) electrons. The van der Waals surface area contributed by atoms with Crippen molar-refractivity contribution in [1.29, 1.82) is 5.26 Å². The van der Waals surface area contributed by atoms with Gasteiger partial charge in [-0.15, -0.1) is 0 Å². The molecular weight excluding hydrogens is 314 g/mol. The topological polar surface area (TPSA) is 72.3 Å². The predicted octanol–water partition coefficient (Wildman–Crippen LogP) is 2.23. The fourth-order valence-corrected chi connectivity index (χ4v) is 3.12. The quantitative estimate of drug-likeness (QED) is 0.931. The molecule has 1 aliphatic heterocycles. The van der Waals surface area contributed by atoms with Crippen molar-refractivity contribution in [2.75, 3.05) is 30.4 Å². The summed E-state index contributed by atoms with van der Waals surface area (Å²) in [7, 11) is 2.06. The first-order valence-electron chi connectivity index (χ1n) is 8.27. The van der Waals surface area contributed by atoms with Gasteiger partial charge in [0, 0.05) is 38.1 Å². The molecule has 25 heavy (non-hydrogen) atoms. The molecule has 128 valence electrons. The van der Waals surface area contributed by atoms with Crippen LogP contribution in [0.25, 0.3) is 0 Å². The monoisotopic (exact) mass is 335 g/mol. The van der Waals surface area contributed by atoms with Crippen molar-refractivity contribution < 1.29 is 4.79 Å². The van der Waals surface area contributed by atoms with E-state index in [1.54, 1.807) is 12.1 Å². The van der Waals surface area contributed by atoms with E-state index in [4.69, 9.17) is 5.26 Å². The number of pyridine rings is 1. The maximum Gasteiger partial charge on any atom is 0.242 e. The van der Waals surface area contributed by atoms with Gasteiger partial charge in [-0.2, -0.15) is 5.26 Å². The van der Waals surface area contributed by atoms with Gasteiger partial charge in [0.25, 0.3) is 0 Å². The van der Waals surface area contributed by atoms with Crippen LogP contribution in [0.3, 0.4) is 0 Å². The predicted molar refractivity (Wildman–Crippen MR) is 97.2 cm³/mol. The summed E-state index contributed by atoms with van der Waals surface area (Å²) >= 11 is 0. The number of rotatable bonds is 3. The first-order valence-corrected chi connectivity index (χ1v) is 8.27. The van der Waals surface area contributed by atoms with Gasteiger partial charge in [-0.3, -0.25) is 4.79 Å². The zero-order valence-corrected chi connectivity index (χ0v) is 14.4. The third-order valence-electron chi connectivity index (χ3n) is 4.45. The molecule has 1 aliphatic rings. The lowest BCUT2D eigenvalue weighted by Gasteiger charge is -2.28. The molecule has 1 unspecified atom stereocenters. The summed E-state index contributed by atoms with van der Waals surface area (Å²) in [5.41, 5.74) is 2.82. The average Bonchev–Trinajstić information content (AvgIpc) is 2.76. The number of hydrogen-bond donors (Lipinski definition) is 1. The molecule has 6 nitrogen and oxygen atoms in total. The summed E-state index contributed by atoms with van der Waals surface area (Å²) < 4.78 is 0. The highest BCUT2D eigenvalue weighted by Gasteiger charge is 2.26. The van der Waals surface area contributed by atoms with E-state index >= 15 is 0 Å². The lowest BCUT2D eigenvalue weighted by molar-refractivity contribution is -0.131. The summed E-state index contributed by atoms with van der Waals surface area (Å²) in [5.74, 6) is 0.621. The molecule has 0 spiro atoms. The standard InChI is InChI=1S/C19H21N5O/c1-14-12-23(2)17-6-4-3-5-16(17)13-24(14)19(25)11-22-18-8-7-15(9-20)10-21-18/h3-8,10,14H,11-13H2,1-2H3,(H,21,22). The molecule has 1 aromatic heterocycles. The van der Waals surface area contributed by atoms with E-state index in [0.29, 0.717) is 17.9 Å². The van der Waals surface area contributed by atoms with Crippen LogP contribution >= 0.6 is 0 Å². The Hall–Kier alpha value is -3.07. The second kappa shape index (κ2) is 7.22. The Bertz CT molecular complexity index is 796. The highest BCUT2D eigenvalue weighted by molar-refractivity contribution is 5.81. The van der Waals surface area contributed by atoms with Gasteiger partial charge in [0.05, 0.1) is 12.1 Å². The van der Waals surface area contributed by atoms with Crippen LogP contribution in [-0.2, 0) is 11.3 Å². The van der Waals surface area contributed by atoms with Crippen molar-refractivity contribution in [1.82, 2.24) is 9.88 Å². The molecule has 1 aromatic carbocycles. The molecule has 2 aromatic rings. The van der Waals surface area contributed by atoms with Gasteiger partial charge in [-0.05, 0) is 30.7 Å². The highest BCUT2D eigenvalue weighted by Crippen LogP contribution is 2.26. The lowest BCUT2D eigenvalue weighted by atomic mass is 10.1. The number of para-hydroxylation sites is 1. The Balaban J connectivity index is 1.69. The molecule has 3 rings (SSSR count). The minimum absolute atomic E-state index is 0.0313. The molecule has 2 heterocycles. The van der Waals surface area contributed by atoms with Crippen LogP contribution < -0.4 is 10.2 Å². The molecular formula is C19H21N5O. The summed E-state index contributed by atoms with van der Waals surface area (Å²) in [4.78, 5) is 21.0. The molecule has 0 aliphatic carbocycles. The van der Waals surface area contributed by atoms with Crippen molar-refractivity contribution in [3.8, 4) is 6.07 Å². The smallest absolute Gasteiger partial charge is 0.242 e. The Morgan fingerprint density at radius 3 is 2.88 bits per heavy atom. The number of aromatic nitrogens is 1. The SMILES string of the molecule is CC1CN(C)c2ccccc2CN1C(=O)CNc1ccc(C#N)cn1. The minimum Gasteiger partial charge on any atom is -0.372 e. The molecule has 0 bridgehead atoms. The largest absolute Gasteiger partial charge is 0.372 e. The van der Waals surface area contributed by atoms with Crippen LogP contribution in [0.4, 0.5) is 11.5 Å². The summed E-state index contributed by atoms with van der Waals surface area (Å²) in [6.45, 7) is 3.64. The van der Waals surface area contributed by atoms with Crippen LogP contribution in [-0.4, -0.2) is 42.0 Å². The van der Waals surface area contributed by atoms with Crippen LogP contribution in [0, 0.1) is 11.3 Å². The van der Waals surface area contributed by atoms with Crippen LogP contribution in [0.2, 0.25) is 0 Å². The van der Waals surface area contributed by atoms with Gasteiger partial charge in [-0.25, -0.2) is 4.98 Å². The molecule has 0 saturated carbocycles. The third-order valence-corrected chi connectivity index (χ3v) is 4.45. The number of nitrogens with one attached hydrogen (secondary N) is 1. The zero-order chi connectivity index (χ0) is 17.8. The number of fused-ring (bicyclic) bond motifs is 1. The minimum atomic E-state index is 0.0313. The fourth-order valence-electron chi connectivity index (χ4n) is 3.12. The summed E-state index contributed by atoms with van der Waals surface area (Å²) in [5, 5.41) is 11.8. The number of anilines is 2. The molecule has 1 amide bonds. The van der Waals surface area contributed by atoms with Crippen LogP contribution in [0.5, 0.6) is 0 Å². The molecule has 6 heteroatoms.